The molecule has 2 nitrogen and oxygen atoms in total. The Morgan fingerprint density at radius 2 is 2.17 bits per heavy atom. The van der Waals surface area contributed by atoms with Crippen molar-refractivity contribution in [2.24, 2.45) is 0 Å². The van der Waals surface area contributed by atoms with Gasteiger partial charge in [-0.3, -0.25) is 4.79 Å². The fourth-order valence-electron chi connectivity index (χ4n) is 1.84. The van der Waals surface area contributed by atoms with Crippen molar-refractivity contribution in [1.29, 1.82) is 0 Å². The van der Waals surface area contributed by atoms with E-state index in [1.807, 2.05) is 31.3 Å². The minimum Gasteiger partial charge on any atom is -0.369 e. The maximum absolute atomic E-state index is 11.7. The summed E-state index contributed by atoms with van der Waals surface area (Å²) in [4.78, 5) is 15.1. The quantitative estimate of drug-likeness (QED) is 0.779. The number of rotatable bonds is 4. The Labute approximate surface area is 119 Å². The molecule has 0 spiro atoms. The fraction of sp³-hybridized carbons (Fsp3) is 0.214. The fourth-order valence-corrected chi connectivity index (χ4v) is 2.96. The number of thiophene rings is 1. The van der Waals surface area contributed by atoms with E-state index in [1.54, 1.807) is 18.3 Å². The molecule has 1 aromatic carbocycles. The van der Waals surface area contributed by atoms with Crippen LogP contribution in [-0.4, -0.2) is 12.8 Å². The van der Waals surface area contributed by atoms with Crippen LogP contribution in [-0.2, 0) is 6.54 Å². The van der Waals surface area contributed by atoms with Crippen LogP contribution in [0.15, 0.2) is 40.2 Å². The van der Waals surface area contributed by atoms with Gasteiger partial charge in [0.05, 0.1) is 6.54 Å². The number of carbonyl (C=O) groups is 1. The second-order valence-corrected chi connectivity index (χ2v) is 6.10. The first kappa shape index (κ1) is 13.3. The molecule has 0 fully saturated rings. The summed E-state index contributed by atoms with van der Waals surface area (Å²) in [6.45, 7) is 2.42. The summed E-state index contributed by atoms with van der Waals surface area (Å²) in [6, 6.07) is 9.97. The van der Waals surface area contributed by atoms with Crippen molar-refractivity contribution >= 4 is 38.7 Å². The Bertz CT molecular complexity index is 551. The van der Waals surface area contributed by atoms with Gasteiger partial charge in [-0.15, -0.1) is 11.3 Å². The first-order valence-corrected chi connectivity index (χ1v) is 7.29. The molecular weight excluding hydrogens is 310 g/mol. The lowest BCUT2D eigenvalue weighted by Gasteiger charge is -2.21. The monoisotopic (exact) mass is 323 g/mol. The van der Waals surface area contributed by atoms with Gasteiger partial charge in [0.25, 0.3) is 0 Å². The highest BCUT2D eigenvalue weighted by Gasteiger charge is 2.12. The molecule has 1 heterocycles. The molecule has 0 radical (unpaired) electrons. The van der Waals surface area contributed by atoms with Crippen LogP contribution in [0, 0.1) is 0 Å². The van der Waals surface area contributed by atoms with Gasteiger partial charge in [-0.05, 0) is 36.6 Å². The van der Waals surface area contributed by atoms with Crippen LogP contribution in [0.4, 0.5) is 5.69 Å². The molecule has 0 bridgehead atoms. The molecule has 0 aliphatic carbocycles. The Morgan fingerprint density at radius 3 is 2.78 bits per heavy atom. The van der Waals surface area contributed by atoms with Crippen molar-refractivity contribution in [2.75, 3.05) is 11.9 Å². The molecule has 0 N–H and O–H groups in total. The lowest BCUT2D eigenvalue weighted by Crippen LogP contribution is -2.18. The van der Waals surface area contributed by atoms with E-state index in [0.717, 1.165) is 22.3 Å². The Kier molecular flexibility index (Phi) is 4.19. The summed E-state index contributed by atoms with van der Waals surface area (Å²) in [5.41, 5.74) is 1.72. The summed E-state index contributed by atoms with van der Waals surface area (Å²) >= 11 is 5.13. The van der Waals surface area contributed by atoms with Crippen molar-refractivity contribution in [2.45, 2.75) is 13.5 Å². The van der Waals surface area contributed by atoms with Crippen LogP contribution in [0.25, 0.3) is 0 Å². The number of hydrogen-bond donors (Lipinski definition) is 0. The van der Waals surface area contributed by atoms with Gasteiger partial charge in [0, 0.05) is 27.6 Å². The number of halogens is 1. The molecular formula is C14H14BrNOS. The van der Waals surface area contributed by atoms with Gasteiger partial charge in [0.15, 0.2) is 5.78 Å². The molecule has 0 amide bonds. The third kappa shape index (κ3) is 3.00. The zero-order valence-corrected chi connectivity index (χ0v) is 12.7. The lowest BCUT2D eigenvalue weighted by atomic mass is 10.1. The zero-order chi connectivity index (χ0) is 13.1. The van der Waals surface area contributed by atoms with Crippen molar-refractivity contribution in [3.8, 4) is 0 Å². The molecule has 18 heavy (non-hydrogen) atoms. The largest absolute Gasteiger partial charge is 0.369 e. The average Bonchev–Trinajstić information content (AvgIpc) is 2.81. The maximum atomic E-state index is 11.7. The van der Waals surface area contributed by atoms with Crippen LogP contribution >= 0.6 is 27.3 Å². The van der Waals surface area contributed by atoms with E-state index < -0.39 is 0 Å². The van der Waals surface area contributed by atoms with E-state index in [9.17, 15) is 4.79 Å². The van der Waals surface area contributed by atoms with E-state index in [-0.39, 0.29) is 5.78 Å². The van der Waals surface area contributed by atoms with Crippen LogP contribution in [0.3, 0.4) is 0 Å². The molecule has 0 saturated carbocycles. The number of carbonyl (C=O) groups excluding carboxylic acids is 1. The molecule has 94 valence electrons. The third-order valence-electron chi connectivity index (χ3n) is 2.72. The highest BCUT2D eigenvalue weighted by atomic mass is 79.9. The van der Waals surface area contributed by atoms with Crippen LogP contribution in [0.2, 0.25) is 0 Å². The van der Waals surface area contributed by atoms with Gasteiger partial charge in [0.1, 0.15) is 0 Å². The molecule has 0 saturated heterocycles. The normalized spacial score (nSPS) is 10.4. The number of anilines is 1. The van der Waals surface area contributed by atoms with E-state index in [1.165, 1.54) is 4.88 Å². The number of ketones is 1. The summed E-state index contributed by atoms with van der Waals surface area (Å²) in [5, 5.41) is 2.07. The third-order valence-corrected chi connectivity index (χ3v) is 4.08. The molecule has 0 unspecified atom stereocenters. The SMILES string of the molecule is CC(=O)c1cc(Br)ccc1N(C)Cc1cccs1. The standard InChI is InChI=1S/C14H14BrNOS/c1-10(17)13-8-11(15)5-6-14(13)16(2)9-12-4-3-7-18-12/h3-8H,9H2,1-2H3. The Morgan fingerprint density at radius 1 is 1.39 bits per heavy atom. The molecule has 2 aromatic rings. The van der Waals surface area contributed by atoms with Gasteiger partial charge in [-0.1, -0.05) is 22.0 Å². The molecule has 4 heteroatoms. The molecule has 1 aromatic heterocycles. The highest BCUT2D eigenvalue weighted by molar-refractivity contribution is 9.10. The van der Waals surface area contributed by atoms with Crippen LogP contribution in [0.5, 0.6) is 0 Å². The maximum Gasteiger partial charge on any atom is 0.161 e. The predicted molar refractivity (Wildman–Crippen MR) is 80.6 cm³/mol. The zero-order valence-electron chi connectivity index (χ0n) is 10.3. The molecule has 2 rings (SSSR count). The number of nitrogens with zero attached hydrogens (tertiary/aromatic N) is 1. The van der Waals surface area contributed by atoms with E-state index in [2.05, 4.69) is 32.3 Å². The second kappa shape index (κ2) is 5.67. The van der Waals surface area contributed by atoms with E-state index in [4.69, 9.17) is 0 Å². The number of hydrogen-bond acceptors (Lipinski definition) is 3. The van der Waals surface area contributed by atoms with E-state index in [0.29, 0.717) is 0 Å². The van der Waals surface area contributed by atoms with E-state index >= 15 is 0 Å². The minimum absolute atomic E-state index is 0.0873. The summed E-state index contributed by atoms with van der Waals surface area (Å²) in [7, 11) is 2.01. The number of benzene rings is 1. The van der Waals surface area contributed by atoms with Crippen LogP contribution in [0.1, 0.15) is 22.2 Å². The molecule has 0 aliphatic rings. The van der Waals surface area contributed by atoms with Crippen molar-refractivity contribution < 1.29 is 4.79 Å². The van der Waals surface area contributed by atoms with Gasteiger partial charge < -0.3 is 4.90 Å². The highest BCUT2D eigenvalue weighted by Crippen LogP contribution is 2.26. The topological polar surface area (TPSA) is 20.3 Å². The summed E-state index contributed by atoms with van der Waals surface area (Å²) in [6.07, 6.45) is 0. The Hall–Kier alpha value is -1.13. The van der Waals surface area contributed by atoms with Crippen molar-refractivity contribution in [3.63, 3.8) is 0 Å². The first-order valence-electron chi connectivity index (χ1n) is 5.62. The lowest BCUT2D eigenvalue weighted by molar-refractivity contribution is 0.101. The average molecular weight is 324 g/mol. The summed E-state index contributed by atoms with van der Waals surface area (Å²) < 4.78 is 0.931. The van der Waals surface area contributed by atoms with Crippen LogP contribution < -0.4 is 4.90 Å². The Balaban J connectivity index is 2.29. The predicted octanol–water partition coefficient (Wildman–Crippen LogP) is 4.35. The van der Waals surface area contributed by atoms with Gasteiger partial charge >= 0.3 is 0 Å². The smallest absolute Gasteiger partial charge is 0.161 e. The van der Waals surface area contributed by atoms with Gasteiger partial charge in [-0.25, -0.2) is 0 Å². The number of Topliss-reactive ketones (excluding diaryl/α,β-unsaturated/α-hetero) is 1. The first-order chi connectivity index (χ1) is 8.58. The second-order valence-electron chi connectivity index (χ2n) is 4.15. The van der Waals surface area contributed by atoms with Crippen molar-refractivity contribution in [1.82, 2.24) is 0 Å². The summed E-state index contributed by atoms with van der Waals surface area (Å²) in [5.74, 6) is 0.0873. The van der Waals surface area contributed by atoms with Gasteiger partial charge in [-0.2, -0.15) is 0 Å². The molecule has 0 atom stereocenters. The molecule has 0 aliphatic heterocycles. The van der Waals surface area contributed by atoms with Crippen molar-refractivity contribution in [3.05, 3.63) is 50.6 Å². The van der Waals surface area contributed by atoms with Gasteiger partial charge in [0.2, 0.25) is 0 Å². The minimum atomic E-state index is 0.0873.